The van der Waals surface area contributed by atoms with Crippen LogP contribution in [0.1, 0.15) is 44.9 Å². The van der Waals surface area contributed by atoms with Crippen LogP contribution in [0.4, 0.5) is 0 Å². The van der Waals surface area contributed by atoms with Crippen molar-refractivity contribution in [1.29, 1.82) is 0 Å². The van der Waals surface area contributed by atoms with E-state index in [9.17, 15) is 9.59 Å². The van der Waals surface area contributed by atoms with Crippen molar-refractivity contribution in [3.05, 3.63) is 0 Å². The summed E-state index contributed by atoms with van der Waals surface area (Å²) in [7, 11) is 1.66. The van der Waals surface area contributed by atoms with Gasteiger partial charge in [-0.05, 0) is 32.1 Å². The van der Waals surface area contributed by atoms with Gasteiger partial charge in [0.25, 0.3) is 0 Å². The molecule has 1 atom stereocenters. The Hall–Kier alpha value is -1.10. The number of hydrogen-bond donors (Lipinski definition) is 1. The molecule has 0 aromatic carbocycles. The Morgan fingerprint density at radius 1 is 1.30 bits per heavy atom. The highest BCUT2D eigenvalue weighted by Crippen LogP contribution is 2.43. The molecule has 1 N–H and O–H groups in total. The summed E-state index contributed by atoms with van der Waals surface area (Å²) in [5.74, 6) is -1.01. The zero-order valence-corrected chi connectivity index (χ0v) is 12.3. The number of carbonyl (C=O) groups excluding carboxylic acids is 1. The lowest BCUT2D eigenvalue weighted by Crippen LogP contribution is -2.49. The maximum Gasteiger partial charge on any atom is 0.308 e. The van der Waals surface area contributed by atoms with Gasteiger partial charge >= 0.3 is 5.97 Å². The molecule has 5 heteroatoms. The molecule has 0 aromatic rings. The highest BCUT2D eigenvalue weighted by atomic mass is 16.5. The van der Waals surface area contributed by atoms with Crippen LogP contribution in [0, 0.1) is 11.3 Å². The quantitative estimate of drug-likeness (QED) is 0.837. The van der Waals surface area contributed by atoms with Gasteiger partial charge in [0.1, 0.15) is 0 Å². The summed E-state index contributed by atoms with van der Waals surface area (Å²) in [6, 6.07) is 0. The van der Waals surface area contributed by atoms with Crippen molar-refractivity contribution in [2.24, 2.45) is 11.3 Å². The zero-order chi connectivity index (χ0) is 14.6. The summed E-state index contributed by atoms with van der Waals surface area (Å²) in [6.45, 7) is 1.68. The lowest BCUT2D eigenvalue weighted by molar-refractivity contribution is -0.150. The van der Waals surface area contributed by atoms with Gasteiger partial charge in [-0.1, -0.05) is 12.8 Å². The van der Waals surface area contributed by atoms with Crippen LogP contribution in [0.5, 0.6) is 0 Å². The average Bonchev–Trinajstić information content (AvgIpc) is 2.94. The minimum Gasteiger partial charge on any atom is -0.481 e. The number of likely N-dealkylation sites (tertiary alicyclic amines) is 1. The van der Waals surface area contributed by atoms with Crippen LogP contribution in [-0.4, -0.2) is 48.7 Å². The van der Waals surface area contributed by atoms with Crippen LogP contribution >= 0.6 is 0 Å². The van der Waals surface area contributed by atoms with E-state index in [2.05, 4.69) is 0 Å². The lowest BCUT2D eigenvalue weighted by atomic mass is 9.80. The van der Waals surface area contributed by atoms with Gasteiger partial charge in [0.2, 0.25) is 5.91 Å². The number of nitrogens with zero attached hydrogens (tertiary/aromatic N) is 1. The third kappa shape index (κ3) is 3.14. The van der Waals surface area contributed by atoms with Gasteiger partial charge in [0.05, 0.1) is 11.3 Å². The minimum atomic E-state index is -0.778. The topological polar surface area (TPSA) is 66.8 Å². The highest BCUT2D eigenvalue weighted by molar-refractivity contribution is 5.84. The second-order valence-electron chi connectivity index (χ2n) is 6.16. The molecule has 0 radical (unpaired) electrons. The smallest absolute Gasteiger partial charge is 0.308 e. The molecular formula is C15H25NO4. The van der Waals surface area contributed by atoms with E-state index in [1.807, 2.05) is 0 Å². The van der Waals surface area contributed by atoms with Gasteiger partial charge < -0.3 is 14.7 Å². The first-order chi connectivity index (χ1) is 9.59. The molecule has 1 saturated carbocycles. The number of hydrogen-bond acceptors (Lipinski definition) is 3. The molecule has 1 unspecified atom stereocenters. The van der Waals surface area contributed by atoms with Gasteiger partial charge in [-0.25, -0.2) is 0 Å². The van der Waals surface area contributed by atoms with E-state index in [-0.39, 0.29) is 11.3 Å². The summed E-state index contributed by atoms with van der Waals surface area (Å²) < 4.78 is 5.16. The molecular weight excluding hydrogens is 258 g/mol. The Labute approximate surface area is 120 Å². The molecule has 2 fully saturated rings. The predicted molar refractivity (Wildman–Crippen MR) is 74.3 cm³/mol. The Kier molecular flexibility index (Phi) is 5.02. The number of amides is 1. The van der Waals surface area contributed by atoms with E-state index in [1.54, 1.807) is 12.0 Å². The zero-order valence-electron chi connectivity index (χ0n) is 12.3. The van der Waals surface area contributed by atoms with Crippen LogP contribution in [0.25, 0.3) is 0 Å². The van der Waals surface area contributed by atoms with Crippen molar-refractivity contribution in [2.75, 3.05) is 26.8 Å². The molecule has 20 heavy (non-hydrogen) atoms. The third-order valence-corrected chi connectivity index (χ3v) is 4.86. The van der Waals surface area contributed by atoms with Crippen LogP contribution < -0.4 is 0 Å². The average molecular weight is 283 g/mol. The minimum absolute atomic E-state index is 0.165. The van der Waals surface area contributed by atoms with Gasteiger partial charge in [-0.3, -0.25) is 9.59 Å². The lowest BCUT2D eigenvalue weighted by Gasteiger charge is -2.38. The fourth-order valence-electron chi connectivity index (χ4n) is 3.62. The number of ether oxygens (including phenoxy) is 1. The molecule has 0 aromatic heterocycles. The highest BCUT2D eigenvalue weighted by Gasteiger charge is 2.44. The summed E-state index contributed by atoms with van der Waals surface area (Å²) in [6.07, 6.45) is 6.26. The Bertz CT molecular complexity index is 363. The molecule has 1 aliphatic carbocycles. The number of piperidine rings is 1. The first kappa shape index (κ1) is 15.3. The summed E-state index contributed by atoms with van der Waals surface area (Å²) in [4.78, 5) is 25.8. The van der Waals surface area contributed by atoms with E-state index >= 15 is 0 Å². The van der Waals surface area contributed by atoms with Crippen LogP contribution in [0.2, 0.25) is 0 Å². The Morgan fingerprint density at radius 3 is 2.60 bits per heavy atom. The molecule has 1 heterocycles. The Morgan fingerprint density at radius 2 is 2.00 bits per heavy atom. The number of methoxy groups -OCH3 is 1. The van der Waals surface area contributed by atoms with Crippen molar-refractivity contribution in [1.82, 2.24) is 4.90 Å². The number of carboxylic acids is 1. The maximum absolute atomic E-state index is 12.9. The standard InChI is InChI=1S/C15H25NO4/c1-20-10-8-15(6-2-3-7-15)14(19)16-9-4-5-12(11-16)13(17)18/h12H,2-11H2,1H3,(H,17,18). The molecule has 0 spiro atoms. The van der Waals surface area contributed by atoms with Crippen molar-refractivity contribution in [3.63, 3.8) is 0 Å². The monoisotopic (exact) mass is 283 g/mol. The number of carboxylic acid groups (broad SMARTS) is 1. The first-order valence-corrected chi connectivity index (χ1v) is 7.60. The van der Waals surface area contributed by atoms with E-state index in [4.69, 9.17) is 9.84 Å². The van der Waals surface area contributed by atoms with Crippen molar-refractivity contribution in [2.45, 2.75) is 44.9 Å². The summed E-state index contributed by atoms with van der Waals surface area (Å²) in [5, 5.41) is 9.15. The van der Waals surface area contributed by atoms with E-state index < -0.39 is 11.9 Å². The second-order valence-corrected chi connectivity index (χ2v) is 6.16. The van der Waals surface area contributed by atoms with Crippen LogP contribution in [0.15, 0.2) is 0 Å². The van der Waals surface area contributed by atoms with Gasteiger partial charge in [-0.15, -0.1) is 0 Å². The van der Waals surface area contributed by atoms with Gasteiger partial charge in [-0.2, -0.15) is 0 Å². The normalized spacial score (nSPS) is 25.6. The van der Waals surface area contributed by atoms with Crippen LogP contribution in [0.3, 0.4) is 0 Å². The van der Waals surface area contributed by atoms with E-state index in [0.717, 1.165) is 38.5 Å². The number of carbonyl (C=O) groups is 2. The fraction of sp³-hybridized carbons (Fsp3) is 0.867. The van der Waals surface area contributed by atoms with Crippen molar-refractivity contribution < 1.29 is 19.4 Å². The van der Waals surface area contributed by atoms with Gasteiger partial charge in [0, 0.05) is 26.8 Å². The Balaban J connectivity index is 2.05. The summed E-state index contributed by atoms with van der Waals surface area (Å²) >= 11 is 0. The number of rotatable bonds is 5. The molecule has 114 valence electrons. The third-order valence-electron chi connectivity index (χ3n) is 4.86. The van der Waals surface area contributed by atoms with Crippen molar-refractivity contribution in [3.8, 4) is 0 Å². The van der Waals surface area contributed by atoms with Gasteiger partial charge in [0.15, 0.2) is 0 Å². The second kappa shape index (κ2) is 6.57. The van der Waals surface area contributed by atoms with E-state index in [1.165, 1.54) is 0 Å². The molecule has 0 bridgehead atoms. The number of aliphatic carboxylic acids is 1. The summed E-state index contributed by atoms with van der Waals surface area (Å²) in [5.41, 5.74) is -0.295. The van der Waals surface area contributed by atoms with Crippen molar-refractivity contribution >= 4 is 11.9 Å². The molecule has 1 aliphatic heterocycles. The fourth-order valence-corrected chi connectivity index (χ4v) is 3.62. The molecule has 5 nitrogen and oxygen atoms in total. The van der Waals surface area contributed by atoms with Crippen LogP contribution in [-0.2, 0) is 14.3 Å². The molecule has 2 rings (SSSR count). The maximum atomic E-state index is 12.9. The first-order valence-electron chi connectivity index (χ1n) is 7.60. The predicted octanol–water partition coefficient (Wildman–Crippen LogP) is 1.91. The van der Waals surface area contributed by atoms with E-state index in [0.29, 0.717) is 26.1 Å². The SMILES string of the molecule is COCCC1(C(=O)N2CCCC(C(=O)O)C2)CCCC1. The molecule has 2 aliphatic rings. The molecule has 1 amide bonds. The largest absolute Gasteiger partial charge is 0.481 e. The molecule has 1 saturated heterocycles.